The van der Waals surface area contributed by atoms with Gasteiger partial charge in [0.15, 0.2) is 0 Å². The van der Waals surface area contributed by atoms with Crippen molar-refractivity contribution in [2.75, 3.05) is 0 Å². The zero-order valence-electron chi connectivity index (χ0n) is 9.11. The van der Waals surface area contributed by atoms with Crippen molar-refractivity contribution in [3.05, 3.63) is 41.5 Å². The molecule has 0 heterocycles. The maximum Gasteiger partial charge on any atom is 0.335 e. The van der Waals surface area contributed by atoms with Gasteiger partial charge in [0.2, 0.25) is 0 Å². The van der Waals surface area contributed by atoms with Gasteiger partial charge in [0.05, 0.1) is 5.56 Å². The van der Waals surface area contributed by atoms with Crippen molar-refractivity contribution in [1.29, 1.82) is 0 Å². The van der Waals surface area contributed by atoms with E-state index < -0.39 is 11.9 Å². The van der Waals surface area contributed by atoms with Gasteiger partial charge in [-0.3, -0.25) is 0 Å². The number of carbonyl (C=O) groups is 2. The summed E-state index contributed by atoms with van der Waals surface area (Å²) in [6.45, 7) is 6.66. The molecule has 1 aromatic rings. The Morgan fingerprint density at radius 2 is 1.94 bits per heavy atom. The highest BCUT2D eigenvalue weighted by atomic mass is 16.5. The number of hydrogen-bond donors (Lipinski definition) is 1. The van der Waals surface area contributed by atoms with Crippen molar-refractivity contribution in [1.82, 2.24) is 0 Å². The molecular formula is C12H12O4. The van der Waals surface area contributed by atoms with E-state index in [0.717, 1.165) is 6.08 Å². The van der Waals surface area contributed by atoms with Gasteiger partial charge in [-0.05, 0) is 37.1 Å². The minimum absolute atomic E-state index is 0.205. The summed E-state index contributed by atoms with van der Waals surface area (Å²) in [6.07, 6.45) is 1.06. The number of carboxylic acid groups (broad SMARTS) is 1. The standard InChI is InChI=1S/C12H12O4/c1-4-11(13)16-10-6-5-9(12(14)15)7(2)8(10)3/h4-6H,1H2,2-3H3,(H,14,15). The van der Waals surface area contributed by atoms with E-state index in [9.17, 15) is 9.59 Å². The van der Waals surface area contributed by atoms with Crippen molar-refractivity contribution in [2.24, 2.45) is 0 Å². The largest absolute Gasteiger partial charge is 0.478 e. The van der Waals surface area contributed by atoms with E-state index in [1.165, 1.54) is 12.1 Å². The summed E-state index contributed by atoms with van der Waals surface area (Å²) in [5.74, 6) is -1.21. The van der Waals surface area contributed by atoms with Gasteiger partial charge in [0.25, 0.3) is 0 Å². The first kappa shape index (κ1) is 12.0. The second-order valence-corrected chi connectivity index (χ2v) is 3.29. The second-order valence-electron chi connectivity index (χ2n) is 3.29. The average Bonchev–Trinajstić information content (AvgIpc) is 2.24. The molecule has 1 rings (SSSR count). The third kappa shape index (κ3) is 2.28. The van der Waals surface area contributed by atoms with Crippen LogP contribution in [0.2, 0.25) is 0 Å². The molecule has 0 bridgehead atoms. The Bertz CT molecular complexity index is 460. The Kier molecular flexibility index (Phi) is 3.45. The van der Waals surface area contributed by atoms with E-state index in [1.54, 1.807) is 13.8 Å². The van der Waals surface area contributed by atoms with Crippen molar-refractivity contribution in [3.8, 4) is 5.75 Å². The number of carboxylic acids is 1. The molecule has 0 saturated heterocycles. The lowest BCUT2D eigenvalue weighted by Gasteiger charge is -2.10. The summed E-state index contributed by atoms with van der Waals surface area (Å²) < 4.78 is 4.96. The average molecular weight is 220 g/mol. The van der Waals surface area contributed by atoms with Crippen LogP contribution in [-0.2, 0) is 4.79 Å². The Morgan fingerprint density at radius 1 is 1.31 bits per heavy atom. The minimum Gasteiger partial charge on any atom is -0.478 e. The van der Waals surface area contributed by atoms with Crippen LogP contribution in [0, 0.1) is 13.8 Å². The monoisotopic (exact) mass is 220 g/mol. The maximum absolute atomic E-state index is 11.0. The molecule has 0 radical (unpaired) electrons. The molecule has 0 fully saturated rings. The number of benzene rings is 1. The molecule has 4 nitrogen and oxygen atoms in total. The molecule has 16 heavy (non-hydrogen) atoms. The van der Waals surface area contributed by atoms with Crippen molar-refractivity contribution < 1.29 is 19.4 Å². The van der Waals surface area contributed by atoms with Gasteiger partial charge in [-0.2, -0.15) is 0 Å². The topological polar surface area (TPSA) is 63.6 Å². The number of hydrogen-bond acceptors (Lipinski definition) is 3. The lowest BCUT2D eigenvalue weighted by atomic mass is 10.0. The number of carbonyl (C=O) groups excluding carboxylic acids is 1. The first-order valence-electron chi connectivity index (χ1n) is 4.65. The summed E-state index contributed by atoms with van der Waals surface area (Å²) >= 11 is 0. The van der Waals surface area contributed by atoms with Crippen LogP contribution in [0.5, 0.6) is 5.75 Å². The molecule has 1 N–H and O–H groups in total. The SMILES string of the molecule is C=CC(=O)Oc1ccc(C(=O)O)c(C)c1C. The molecule has 0 amide bonds. The Balaban J connectivity index is 3.16. The number of aromatic carboxylic acids is 1. The first-order chi connectivity index (χ1) is 7.47. The molecule has 0 aromatic heterocycles. The summed E-state index contributed by atoms with van der Waals surface area (Å²) in [6, 6.07) is 2.88. The summed E-state index contributed by atoms with van der Waals surface area (Å²) in [7, 11) is 0. The van der Waals surface area contributed by atoms with Crippen LogP contribution in [0.1, 0.15) is 21.5 Å². The molecule has 0 aliphatic heterocycles. The highest BCUT2D eigenvalue weighted by Crippen LogP contribution is 2.24. The Hall–Kier alpha value is -2.10. The molecular weight excluding hydrogens is 208 g/mol. The van der Waals surface area contributed by atoms with E-state index in [2.05, 4.69) is 6.58 Å². The third-order valence-electron chi connectivity index (χ3n) is 2.35. The number of ether oxygens (including phenoxy) is 1. The van der Waals surface area contributed by atoms with Crippen molar-refractivity contribution in [3.63, 3.8) is 0 Å². The van der Waals surface area contributed by atoms with Crippen LogP contribution in [0.15, 0.2) is 24.8 Å². The van der Waals surface area contributed by atoms with E-state index in [-0.39, 0.29) is 5.56 Å². The molecule has 0 atom stereocenters. The summed E-state index contributed by atoms with van der Waals surface area (Å²) in [4.78, 5) is 21.8. The lowest BCUT2D eigenvalue weighted by Crippen LogP contribution is -2.07. The fourth-order valence-electron chi connectivity index (χ4n) is 1.29. The summed E-state index contributed by atoms with van der Waals surface area (Å²) in [5, 5.41) is 8.89. The van der Waals surface area contributed by atoms with E-state index in [1.807, 2.05) is 0 Å². The normalized spacial score (nSPS) is 9.62. The highest BCUT2D eigenvalue weighted by Gasteiger charge is 2.13. The molecule has 84 valence electrons. The van der Waals surface area contributed by atoms with Crippen LogP contribution in [0.4, 0.5) is 0 Å². The third-order valence-corrected chi connectivity index (χ3v) is 2.35. The first-order valence-corrected chi connectivity index (χ1v) is 4.65. The smallest absolute Gasteiger partial charge is 0.335 e. The van der Waals surface area contributed by atoms with E-state index in [4.69, 9.17) is 9.84 Å². The lowest BCUT2D eigenvalue weighted by molar-refractivity contribution is -0.129. The van der Waals surface area contributed by atoms with Crippen LogP contribution in [0.3, 0.4) is 0 Å². The Labute approximate surface area is 93.2 Å². The van der Waals surface area contributed by atoms with E-state index in [0.29, 0.717) is 16.9 Å². The van der Waals surface area contributed by atoms with Gasteiger partial charge < -0.3 is 9.84 Å². The predicted molar refractivity (Wildman–Crippen MR) is 58.7 cm³/mol. The van der Waals surface area contributed by atoms with Gasteiger partial charge in [0.1, 0.15) is 5.75 Å². The van der Waals surface area contributed by atoms with Crippen LogP contribution >= 0.6 is 0 Å². The fraction of sp³-hybridized carbons (Fsp3) is 0.167. The van der Waals surface area contributed by atoms with Crippen LogP contribution in [0.25, 0.3) is 0 Å². The zero-order chi connectivity index (χ0) is 12.3. The van der Waals surface area contributed by atoms with Crippen molar-refractivity contribution in [2.45, 2.75) is 13.8 Å². The van der Waals surface area contributed by atoms with Gasteiger partial charge in [-0.25, -0.2) is 9.59 Å². The Morgan fingerprint density at radius 3 is 2.44 bits per heavy atom. The molecule has 0 aliphatic rings. The van der Waals surface area contributed by atoms with Crippen molar-refractivity contribution >= 4 is 11.9 Å². The second kappa shape index (κ2) is 4.61. The van der Waals surface area contributed by atoms with E-state index >= 15 is 0 Å². The zero-order valence-corrected chi connectivity index (χ0v) is 9.11. The van der Waals surface area contributed by atoms with Crippen LogP contribution < -0.4 is 4.74 Å². The van der Waals surface area contributed by atoms with Gasteiger partial charge >= 0.3 is 11.9 Å². The van der Waals surface area contributed by atoms with Gasteiger partial charge in [-0.15, -0.1) is 0 Å². The fourth-order valence-corrected chi connectivity index (χ4v) is 1.29. The molecule has 0 saturated carbocycles. The molecule has 0 aliphatic carbocycles. The predicted octanol–water partition coefficient (Wildman–Crippen LogP) is 2.09. The minimum atomic E-state index is -0.998. The number of esters is 1. The molecule has 1 aromatic carbocycles. The van der Waals surface area contributed by atoms with Crippen LogP contribution in [-0.4, -0.2) is 17.0 Å². The molecule has 0 spiro atoms. The maximum atomic E-state index is 11.0. The van der Waals surface area contributed by atoms with Gasteiger partial charge in [-0.1, -0.05) is 6.58 Å². The number of rotatable bonds is 3. The summed E-state index contributed by atoms with van der Waals surface area (Å²) in [5.41, 5.74) is 1.42. The molecule has 0 unspecified atom stereocenters. The quantitative estimate of drug-likeness (QED) is 0.481. The highest BCUT2D eigenvalue weighted by molar-refractivity contribution is 5.90. The molecule has 4 heteroatoms. The van der Waals surface area contributed by atoms with Gasteiger partial charge in [0, 0.05) is 6.08 Å².